The Labute approximate surface area is 223 Å². The van der Waals surface area contributed by atoms with E-state index < -0.39 is 12.3 Å². The van der Waals surface area contributed by atoms with Crippen LogP contribution in [0.5, 0.6) is 5.75 Å². The average Bonchev–Trinajstić information content (AvgIpc) is 2.81. The molecule has 0 saturated carbocycles. The van der Waals surface area contributed by atoms with Crippen molar-refractivity contribution in [1.82, 2.24) is 9.88 Å². The number of carbonyl (C=O) groups is 1. The van der Waals surface area contributed by atoms with Gasteiger partial charge in [-0.05, 0) is 81.3 Å². The zero-order chi connectivity index (χ0) is 27.2. The van der Waals surface area contributed by atoms with Crippen molar-refractivity contribution >= 4 is 40.0 Å². The van der Waals surface area contributed by atoms with Gasteiger partial charge in [-0.3, -0.25) is 4.79 Å². The monoisotopic (exact) mass is 552 g/mol. The first-order chi connectivity index (χ1) is 17.5. The Morgan fingerprint density at radius 3 is 2.54 bits per heavy atom. The molecule has 0 fully saturated rings. The lowest BCUT2D eigenvalue weighted by molar-refractivity contribution is -0.274. The maximum atomic E-state index is 12.6. The number of nitrogens with one attached hydrogen (secondary N) is 1. The Kier molecular flexibility index (Phi) is 9.97. The van der Waals surface area contributed by atoms with Crippen LogP contribution in [0, 0.1) is 6.92 Å². The third-order valence-electron chi connectivity index (χ3n) is 5.47. The van der Waals surface area contributed by atoms with E-state index >= 15 is 0 Å². The third-order valence-corrected chi connectivity index (χ3v) is 7.37. The molecule has 37 heavy (non-hydrogen) atoms. The van der Waals surface area contributed by atoms with E-state index in [1.807, 2.05) is 39.0 Å². The van der Waals surface area contributed by atoms with E-state index in [2.05, 4.69) is 21.0 Å². The highest BCUT2D eigenvalue weighted by Gasteiger charge is 2.31. The van der Waals surface area contributed by atoms with E-state index in [1.165, 1.54) is 23.1 Å². The number of carbonyl (C=O) groups excluding carboxylic acids is 1. The van der Waals surface area contributed by atoms with Crippen molar-refractivity contribution in [3.8, 4) is 5.75 Å². The number of rotatable bonds is 9. The van der Waals surface area contributed by atoms with Gasteiger partial charge in [0.15, 0.2) is 0 Å². The van der Waals surface area contributed by atoms with Crippen LogP contribution in [-0.2, 0) is 17.8 Å². The van der Waals surface area contributed by atoms with Crippen LogP contribution in [-0.4, -0.2) is 48.3 Å². The molecule has 0 saturated heterocycles. The summed E-state index contributed by atoms with van der Waals surface area (Å²) >= 11 is 3.38. The smallest absolute Gasteiger partial charge is 0.406 e. The molecule has 0 aliphatic carbocycles. The quantitative estimate of drug-likeness (QED) is 0.293. The van der Waals surface area contributed by atoms with Gasteiger partial charge in [0.1, 0.15) is 10.8 Å². The molecule has 1 aliphatic heterocycles. The highest BCUT2D eigenvalue weighted by atomic mass is 32.2. The number of thioether (sulfide) groups is 2. The predicted octanol–water partition coefficient (Wildman–Crippen LogP) is 5.96. The van der Waals surface area contributed by atoms with Gasteiger partial charge >= 0.3 is 6.36 Å². The number of halogens is 3. The van der Waals surface area contributed by atoms with Crippen LogP contribution in [0.2, 0.25) is 0 Å². The maximum absolute atomic E-state index is 12.6. The molecule has 0 radical (unpaired) electrons. The topological polar surface area (TPSA) is 80.5 Å². The summed E-state index contributed by atoms with van der Waals surface area (Å²) < 4.78 is 40.9. The summed E-state index contributed by atoms with van der Waals surface area (Å²) in [5.74, 6) is 0.199. The molecule has 3 rings (SSSR count). The lowest BCUT2D eigenvalue weighted by Gasteiger charge is -2.25. The van der Waals surface area contributed by atoms with Gasteiger partial charge in [0.2, 0.25) is 5.91 Å². The largest absolute Gasteiger partial charge is 0.573 e. The number of alkyl halides is 3. The standard InChI is InChI=1S/C26H31F3N4O2S2/c1-16-21(15-33(2)3)24(22-7-5-6-12-37-22)20(25(31-16)36-4)13-17(30)14-23(34)32-18-8-10-19(11-9-18)35-26(27,28)29/h7-11,14H,5-6,12-13,15,30H2,1-4H3,(H,32,34)/b17-14-. The fourth-order valence-electron chi connectivity index (χ4n) is 3.97. The van der Waals surface area contributed by atoms with E-state index in [9.17, 15) is 18.0 Å². The molecule has 0 bridgehead atoms. The van der Waals surface area contributed by atoms with Crippen LogP contribution in [0.3, 0.4) is 0 Å². The highest BCUT2D eigenvalue weighted by molar-refractivity contribution is 8.08. The van der Waals surface area contributed by atoms with E-state index in [1.54, 1.807) is 11.8 Å². The molecule has 1 amide bonds. The fourth-order valence-corrected chi connectivity index (χ4v) is 5.78. The van der Waals surface area contributed by atoms with Gasteiger partial charge in [0.25, 0.3) is 0 Å². The van der Waals surface area contributed by atoms with Crippen molar-refractivity contribution < 1.29 is 22.7 Å². The van der Waals surface area contributed by atoms with Crippen molar-refractivity contribution in [3.63, 3.8) is 0 Å². The number of hydrogen-bond acceptors (Lipinski definition) is 7. The Morgan fingerprint density at radius 2 is 1.97 bits per heavy atom. The van der Waals surface area contributed by atoms with Gasteiger partial charge in [0, 0.05) is 46.6 Å². The molecular formula is C26H31F3N4O2S2. The van der Waals surface area contributed by atoms with Crippen LogP contribution >= 0.6 is 23.5 Å². The van der Waals surface area contributed by atoms with Crippen molar-refractivity contribution in [2.45, 2.75) is 44.1 Å². The maximum Gasteiger partial charge on any atom is 0.573 e. The van der Waals surface area contributed by atoms with Gasteiger partial charge in [-0.1, -0.05) is 6.08 Å². The molecule has 1 aliphatic rings. The van der Waals surface area contributed by atoms with Crippen LogP contribution in [0.15, 0.2) is 47.1 Å². The van der Waals surface area contributed by atoms with Gasteiger partial charge in [-0.15, -0.1) is 36.7 Å². The zero-order valence-electron chi connectivity index (χ0n) is 21.2. The van der Waals surface area contributed by atoms with Crippen LogP contribution in [0.4, 0.5) is 18.9 Å². The molecular weight excluding hydrogens is 521 g/mol. The summed E-state index contributed by atoms with van der Waals surface area (Å²) in [7, 11) is 4.04. The molecule has 0 atom stereocenters. The van der Waals surface area contributed by atoms with E-state index in [-0.39, 0.29) is 5.75 Å². The summed E-state index contributed by atoms with van der Waals surface area (Å²) in [6.45, 7) is 2.75. The third kappa shape index (κ3) is 8.44. The van der Waals surface area contributed by atoms with E-state index in [0.717, 1.165) is 64.7 Å². The molecule has 1 aromatic heterocycles. The molecule has 11 heteroatoms. The first-order valence-corrected chi connectivity index (χ1v) is 13.8. The van der Waals surface area contributed by atoms with Crippen LogP contribution in [0.25, 0.3) is 4.91 Å². The molecule has 3 N–H and O–H groups in total. The summed E-state index contributed by atoms with van der Waals surface area (Å²) in [5, 5.41) is 3.50. The molecule has 2 aromatic rings. The summed E-state index contributed by atoms with van der Waals surface area (Å²) in [4.78, 5) is 20.8. The number of pyridine rings is 1. The SMILES string of the molecule is CSc1nc(C)c(CN(C)C)c(C2=CCCCS2)c1C/C(N)=C/C(=O)Nc1ccc(OC(F)(F)F)cc1. The van der Waals surface area contributed by atoms with Gasteiger partial charge in [0.05, 0.1) is 0 Å². The van der Waals surface area contributed by atoms with E-state index in [0.29, 0.717) is 17.8 Å². The molecule has 6 nitrogen and oxygen atoms in total. The fraction of sp³-hybridized carbons (Fsp3) is 0.385. The van der Waals surface area contributed by atoms with Crippen LogP contribution in [0.1, 0.15) is 35.2 Å². The number of ether oxygens (including phenoxy) is 1. The average molecular weight is 553 g/mol. The number of allylic oxidation sites excluding steroid dienone is 2. The Bertz CT molecular complexity index is 1180. The molecule has 0 spiro atoms. The summed E-state index contributed by atoms with van der Waals surface area (Å²) in [6.07, 6.45) is 3.26. The highest BCUT2D eigenvalue weighted by Crippen LogP contribution is 2.40. The summed E-state index contributed by atoms with van der Waals surface area (Å²) in [6, 6.07) is 4.92. The van der Waals surface area contributed by atoms with Crippen molar-refractivity contribution in [2.24, 2.45) is 5.73 Å². The van der Waals surface area contributed by atoms with Gasteiger partial charge in [-0.2, -0.15) is 0 Å². The number of nitrogens with zero attached hydrogens (tertiary/aromatic N) is 2. The number of amides is 1. The van der Waals surface area contributed by atoms with E-state index in [4.69, 9.17) is 10.7 Å². The second-order valence-corrected chi connectivity index (χ2v) is 10.7. The number of nitrogens with two attached hydrogens (primary N) is 1. The van der Waals surface area contributed by atoms with Crippen LogP contribution < -0.4 is 15.8 Å². The number of aromatic nitrogens is 1. The minimum Gasteiger partial charge on any atom is -0.406 e. The Balaban J connectivity index is 1.87. The minimum absolute atomic E-state index is 0.322. The predicted molar refractivity (Wildman–Crippen MR) is 146 cm³/mol. The molecule has 1 aromatic carbocycles. The molecule has 2 heterocycles. The summed E-state index contributed by atoms with van der Waals surface area (Å²) in [5.41, 5.74) is 11.3. The minimum atomic E-state index is -4.78. The molecule has 200 valence electrons. The lowest BCUT2D eigenvalue weighted by atomic mass is 9.96. The van der Waals surface area contributed by atoms with Crippen molar-refractivity contribution in [2.75, 3.05) is 31.4 Å². The van der Waals surface area contributed by atoms with Crippen molar-refractivity contribution in [1.29, 1.82) is 0 Å². The van der Waals surface area contributed by atoms with Gasteiger partial charge < -0.3 is 20.7 Å². The van der Waals surface area contributed by atoms with Crippen molar-refractivity contribution in [3.05, 3.63) is 64.5 Å². The zero-order valence-corrected chi connectivity index (χ0v) is 22.9. The second kappa shape index (κ2) is 12.7. The number of anilines is 1. The Morgan fingerprint density at radius 1 is 1.27 bits per heavy atom. The first-order valence-electron chi connectivity index (χ1n) is 11.6. The second-order valence-electron chi connectivity index (χ2n) is 8.79. The Hall–Kier alpha value is -2.63. The first kappa shape index (κ1) is 28.9. The van der Waals surface area contributed by atoms with Gasteiger partial charge in [-0.25, -0.2) is 4.98 Å². The number of hydrogen-bond donors (Lipinski definition) is 2. The number of benzene rings is 1. The normalized spacial score (nSPS) is 14.5. The lowest BCUT2D eigenvalue weighted by Crippen LogP contribution is -2.18. The number of aryl methyl sites for hydroxylation is 1. The molecule has 0 unspecified atom stereocenters.